The molecule has 5 rings (SSSR count). The van der Waals surface area contributed by atoms with Crippen LogP contribution < -0.4 is 10.1 Å². The van der Waals surface area contributed by atoms with Crippen molar-refractivity contribution in [2.75, 3.05) is 19.5 Å². The van der Waals surface area contributed by atoms with Crippen molar-refractivity contribution in [2.24, 2.45) is 7.05 Å². The van der Waals surface area contributed by atoms with E-state index in [0.717, 1.165) is 16.8 Å². The fourth-order valence-electron chi connectivity index (χ4n) is 3.74. The maximum absolute atomic E-state index is 12.8. The molecule has 4 aromatic rings. The number of pyridine rings is 1. The van der Waals surface area contributed by atoms with Crippen molar-refractivity contribution < 1.29 is 14.3 Å². The van der Waals surface area contributed by atoms with Crippen LogP contribution in [0.2, 0.25) is 0 Å². The molecule has 0 saturated heterocycles. The van der Waals surface area contributed by atoms with Gasteiger partial charge in [0.2, 0.25) is 0 Å². The molecule has 1 aliphatic rings. The van der Waals surface area contributed by atoms with Crippen molar-refractivity contribution in [3.05, 3.63) is 48.9 Å². The van der Waals surface area contributed by atoms with Crippen LogP contribution in [-0.4, -0.2) is 50.5 Å². The van der Waals surface area contributed by atoms with Crippen LogP contribution in [0.4, 0.5) is 5.82 Å². The lowest BCUT2D eigenvalue weighted by Crippen LogP contribution is -2.31. The molecule has 0 unspecified atom stereocenters. The van der Waals surface area contributed by atoms with Gasteiger partial charge in [0.25, 0.3) is 5.91 Å². The van der Waals surface area contributed by atoms with E-state index >= 15 is 0 Å². The smallest absolute Gasteiger partial charge is 0.257 e. The van der Waals surface area contributed by atoms with Crippen LogP contribution in [0.25, 0.3) is 33.5 Å². The van der Waals surface area contributed by atoms with Gasteiger partial charge in [-0.1, -0.05) is 30.3 Å². The summed E-state index contributed by atoms with van der Waals surface area (Å²) in [7, 11) is 4.93. The van der Waals surface area contributed by atoms with Crippen LogP contribution >= 0.6 is 0 Å². The first-order valence-electron chi connectivity index (χ1n) is 10.2. The second kappa shape index (κ2) is 7.69. The number of carbonyl (C=O) groups is 1. The van der Waals surface area contributed by atoms with Gasteiger partial charge in [-0.25, -0.2) is 15.0 Å². The van der Waals surface area contributed by atoms with Gasteiger partial charge in [-0.3, -0.25) is 9.48 Å². The van der Waals surface area contributed by atoms with E-state index in [1.807, 2.05) is 43.6 Å². The molecule has 1 fully saturated rings. The van der Waals surface area contributed by atoms with Crippen LogP contribution in [0.1, 0.15) is 12.8 Å². The lowest BCUT2D eigenvalue weighted by Gasteiger charge is -2.15. The molecule has 0 bridgehead atoms. The van der Waals surface area contributed by atoms with Crippen molar-refractivity contribution in [2.45, 2.75) is 18.4 Å². The van der Waals surface area contributed by atoms with E-state index in [-0.39, 0.29) is 5.91 Å². The minimum absolute atomic E-state index is 0.241. The minimum Gasteiger partial charge on any atom is -0.493 e. The van der Waals surface area contributed by atoms with E-state index in [1.54, 1.807) is 10.7 Å². The summed E-state index contributed by atoms with van der Waals surface area (Å²) in [6.07, 6.45) is 4.74. The average Bonchev–Trinajstić information content (AvgIpc) is 3.54. The number of hydrogen-bond donors (Lipinski definition) is 1. The van der Waals surface area contributed by atoms with Gasteiger partial charge in [0.05, 0.1) is 12.6 Å². The van der Waals surface area contributed by atoms with Crippen molar-refractivity contribution in [3.8, 4) is 28.3 Å². The van der Waals surface area contributed by atoms with E-state index in [1.165, 1.54) is 20.5 Å². The number of carbonyl (C=O) groups excluding carboxylic acids is 1. The molecule has 1 amide bonds. The summed E-state index contributed by atoms with van der Waals surface area (Å²) in [4.78, 5) is 26.3. The van der Waals surface area contributed by atoms with E-state index in [2.05, 4.69) is 20.4 Å². The molecule has 3 heterocycles. The van der Waals surface area contributed by atoms with Gasteiger partial charge >= 0.3 is 0 Å². The Morgan fingerprint density at radius 2 is 1.91 bits per heavy atom. The first-order valence-corrected chi connectivity index (χ1v) is 10.2. The third kappa shape index (κ3) is 3.36. The first kappa shape index (κ1) is 20.1. The van der Waals surface area contributed by atoms with Gasteiger partial charge in [-0.05, 0) is 12.8 Å². The molecule has 0 atom stereocenters. The maximum Gasteiger partial charge on any atom is 0.257 e. The van der Waals surface area contributed by atoms with E-state index < -0.39 is 5.60 Å². The third-order valence-electron chi connectivity index (χ3n) is 5.67. The number of nitrogens with zero attached hydrogens (tertiary/aromatic N) is 5. The zero-order valence-corrected chi connectivity index (χ0v) is 18.0. The Morgan fingerprint density at radius 3 is 2.59 bits per heavy atom. The molecule has 32 heavy (non-hydrogen) atoms. The zero-order chi connectivity index (χ0) is 22.3. The number of anilines is 1. The monoisotopic (exact) mass is 430 g/mol. The summed E-state index contributed by atoms with van der Waals surface area (Å²) >= 11 is 0. The fourth-order valence-corrected chi connectivity index (χ4v) is 3.74. The number of nitrogens with one attached hydrogen (secondary N) is 1. The van der Waals surface area contributed by atoms with Gasteiger partial charge in [-0.2, -0.15) is 5.10 Å². The summed E-state index contributed by atoms with van der Waals surface area (Å²) in [5.41, 5.74) is 3.53. The van der Waals surface area contributed by atoms with Gasteiger partial charge in [0.1, 0.15) is 28.8 Å². The second-order valence-electron chi connectivity index (χ2n) is 7.71. The summed E-state index contributed by atoms with van der Waals surface area (Å²) in [5, 5.41) is 7.50. The standard InChI is InChI=1S/C23H22N6O3/c1-29-12-15(18(28-29)14-7-5-4-6-8-14)19-20-16(24-13-25-19)11-17(31-2)21(26-20)27-22(30)23(32-3)9-10-23/h4-8,11-13H,9-10H2,1-3H3,(H,26,27,30). The second-order valence-corrected chi connectivity index (χ2v) is 7.71. The van der Waals surface area contributed by atoms with Crippen molar-refractivity contribution in [1.82, 2.24) is 24.7 Å². The summed E-state index contributed by atoms with van der Waals surface area (Å²) in [6, 6.07) is 11.6. The minimum atomic E-state index is -0.790. The Balaban J connectivity index is 1.65. The van der Waals surface area contributed by atoms with Crippen LogP contribution in [0.3, 0.4) is 0 Å². The largest absolute Gasteiger partial charge is 0.493 e. The molecule has 0 radical (unpaired) electrons. The Bertz CT molecular complexity index is 1310. The fraction of sp³-hybridized carbons (Fsp3) is 0.261. The first-order chi connectivity index (χ1) is 15.5. The lowest BCUT2D eigenvalue weighted by atomic mass is 10.0. The van der Waals surface area contributed by atoms with E-state index in [9.17, 15) is 4.79 Å². The Kier molecular flexibility index (Phi) is 4.82. The highest BCUT2D eigenvalue weighted by Gasteiger charge is 2.50. The number of methoxy groups -OCH3 is 2. The topological polar surface area (TPSA) is 104 Å². The number of rotatable bonds is 6. The molecule has 0 aliphatic heterocycles. The third-order valence-corrected chi connectivity index (χ3v) is 5.67. The molecule has 3 aromatic heterocycles. The number of fused-ring (bicyclic) bond motifs is 1. The molecule has 1 N–H and O–H groups in total. The maximum atomic E-state index is 12.8. The summed E-state index contributed by atoms with van der Waals surface area (Å²) in [6.45, 7) is 0. The summed E-state index contributed by atoms with van der Waals surface area (Å²) in [5.74, 6) is 0.473. The van der Waals surface area contributed by atoms with E-state index in [0.29, 0.717) is 41.1 Å². The molecule has 9 nitrogen and oxygen atoms in total. The van der Waals surface area contributed by atoms with Gasteiger partial charge in [0.15, 0.2) is 11.6 Å². The Labute approximate surface area is 184 Å². The van der Waals surface area contributed by atoms with Crippen LogP contribution in [0, 0.1) is 0 Å². The highest BCUT2D eigenvalue weighted by molar-refractivity contribution is 6.01. The quantitative estimate of drug-likeness (QED) is 0.501. The average molecular weight is 430 g/mol. The van der Waals surface area contributed by atoms with Crippen LogP contribution in [-0.2, 0) is 16.6 Å². The van der Waals surface area contributed by atoms with Crippen LogP contribution in [0.15, 0.2) is 48.9 Å². The molecular weight excluding hydrogens is 408 g/mol. The number of benzene rings is 1. The Hall–Kier alpha value is -3.85. The Morgan fingerprint density at radius 1 is 1.12 bits per heavy atom. The predicted octanol–water partition coefficient (Wildman–Crippen LogP) is 3.22. The molecule has 1 aromatic carbocycles. The number of aryl methyl sites for hydroxylation is 1. The molecule has 9 heteroatoms. The van der Waals surface area contributed by atoms with Crippen molar-refractivity contribution in [3.63, 3.8) is 0 Å². The zero-order valence-electron chi connectivity index (χ0n) is 18.0. The molecule has 1 saturated carbocycles. The van der Waals surface area contributed by atoms with Gasteiger partial charge in [-0.15, -0.1) is 0 Å². The predicted molar refractivity (Wildman–Crippen MR) is 119 cm³/mol. The molecule has 0 spiro atoms. The van der Waals surface area contributed by atoms with Crippen LogP contribution in [0.5, 0.6) is 5.75 Å². The van der Waals surface area contributed by atoms with Gasteiger partial charge < -0.3 is 14.8 Å². The van der Waals surface area contributed by atoms with E-state index in [4.69, 9.17) is 14.5 Å². The number of aromatic nitrogens is 5. The number of hydrogen-bond acceptors (Lipinski definition) is 7. The number of ether oxygens (including phenoxy) is 2. The molecular formula is C23H22N6O3. The summed E-state index contributed by atoms with van der Waals surface area (Å²) < 4.78 is 12.6. The van der Waals surface area contributed by atoms with Crippen molar-refractivity contribution in [1.29, 1.82) is 0 Å². The SMILES string of the molecule is COc1cc2ncnc(-c3cn(C)nc3-c3ccccc3)c2nc1NC(=O)C1(OC)CC1. The highest BCUT2D eigenvalue weighted by Crippen LogP contribution is 2.41. The van der Waals surface area contributed by atoms with Gasteiger partial charge in [0, 0.05) is 37.5 Å². The normalized spacial score (nSPS) is 14.3. The molecule has 1 aliphatic carbocycles. The molecule has 162 valence electrons. The number of amides is 1. The highest BCUT2D eigenvalue weighted by atomic mass is 16.5. The lowest BCUT2D eigenvalue weighted by molar-refractivity contribution is -0.128. The van der Waals surface area contributed by atoms with Crippen molar-refractivity contribution >= 4 is 22.8 Å².